The zero-order valence-electron chi connectivity index (χ0n) is 10.7. The van der Waals surface area contributed by atoms with Crippen LogP contribution in [0.3, 0.4) is 0 Å². The van der Waals surface area contributed by atoms with Gasteiger partial charge in [-0.15, -0.1) is 0 Å². The second kappa shape index (κ2) is 5.65. The third kappa shape index (κ3) is 2.80. The van der Waals surface area contributed by atoms with Crippen molar-refractivity contribution in [1.29, 1.82) is 0 Å². The molecule has 1 fully saturated rings. The number of anilines is 1. The molecule has 3 nitrogen and oxygen atoms in total. The molecule has 0 bridgehead atoms. The Labute approximate surface area is 113 Å². The maximum Gasteiger partial charge on any atom is 0.253 e. The van der Waals surface area contributed by atoms with Crippen molar-refractivity contribution in [3.8, 4) is 0 Å². The molecule has 0 aromatic heterocycles. The lowest BCUT2D eigenvalue weighted by Gasteiger charge is -2.27. The molecule has 0 atom stereocenters. The van der Waals surface area contributed by atoms with Crippen LogP contribution in [0.5, 0.6) is 0 Å². The Morgan fingerprint density at radius 3 is 2.67 bits per heavy atom. The van der Waals surface area contributed by atoms with Gasteiger partial charge in [0, 0.05) is 17.0 Å². The van der Waals surface area contributed by atoms with Crippen molar-refractivity contribution in [3.63, 3.8) is 0 Å². The zero-order chi connectivity index (χ0) is 13.0. The number of nitrogens with one attached hydrogen (secondary N) is 1. The number of rotatable bonds is 4. The number of hydrogen-bond donors (Lipinski definition) is 2. The predicted octanol–water partition coefficient (Wildman–Crippen LogP) is 2.67. The van der Waals surface area contributed by atoms with Gasteiger partial charge in [0.25, 0.3) is 5.91 Å². The summed E-state index contributed by atoms with van der Waals surface area (Å²) in [6, 6.07) is 7.21. The van der Waals surface area contributed by atoms with E-state index >= 15 is 0 Å². The number of nitrogen functional groups attached to an aromatic ring is 1. The minimum absolute atomic E-state index is 0.0616. The van der Waals surface area contributed by atoms with Crippen LogP contribution >= 0.6 is 11.8 Å². The van der Waals surface area contributed by atoms with E-state index in [9.17, 15) is 4.79 Å². The van der Waals surface area contributed by atoms with Crippen LogP contribution in [-0.4, -0.2) is 23.5 Å². The highest BCUT2D eigenvalue weighted by Gasteiger charge is 2.33. The summed E-state index contributed by atoms with van der Waals surface area (Å²) < 4.78 is 0.235. The Bertz CT molecular complexity index is 428. The molecule has 1 aliphatic rings. The average Bonchev–Trinajstić information content (AvgIpc) is 2.86. The van der Waals surface area contributed by atoms with Gasteiger partial charge in [-0.25, -0.2) is 0 Å². The van der Waals surface area contributed by atoms with Crippen LogP contribution in [0.2, 0.25) is 0 Å². The fourth-order valence-electron chi connectivity index (χ4n) is 2.51. The number of para-hydroxylation sites is 1. The van der Waals surface area contributed by atoms with Crippen LogP contribution < -0.4 is 11.1 Å². The van der Waals surface area contributed by atoms with Crippen molar-refractivity contribution in [2.45, 2.75) is 30.4 Å². The van der Waals surface area contributed by atoms with Gasteiger partial charge in [-0.2, -0.15) is 11.8 Å². The lowest BCUT2D eigenvalue weighted by Crippen LogP contribution is -2.38. The predicted molar refractivity (Wildman–Crippen MR) is 77.9 cm³/mol. The van der Waals surface area contributed by atoms with Gasteiger partial charge in [0.15, 0.2) is 0 Å². The molecular formula is C14H20N2OS. The highest BCUT2D eigenvalue weighted by molar-refractivity contribution is 8.00. The molecule has 18 heavy (non-hydrogen) atoms. The Balaban J connectivity index is 1.98. The van der Waals surface area contributed by atoms with Crippen molar-refractivity contribution >= 4 is 23.4 Å². The molecule has 4 heteroatoms. The summed E-state index contributed by atoms with van der Waals surface area (Å²) in [6.07, 6.45) is 7.06. The SMILES string of the molecule is CSC1(CNC(=O)c2ccccc2N)CCCC1. The summed E-state index contributed by atoms with van der Waals surface area (Å²) >= 11 is 1.88. The Morgan fingerprint density at radius 2 is 2.06 bits per heavy atom. The van der Waals surface area contributed by atoms with Crippen LogP contribution in [0.25, 0.3) is 0 Å². The topological polar surface area (TPSA) is 55.1 Å². The van der Waals surface area contributed by atoms with Crippen LogP contribution in [0, 0.1) is 0 Å². The van der Waals surface area contributed by atoms with Gasteiger partial charge >= 0.3 is 0 Å². The van der Waals surface area contributed by atoms with Gasteiger partial charge < -0.3 is 11.1 Å². The second-order valence-corrected chi connectivity index (χ2v) is 6.14. The standard InChI is InChI=1S/C14H20N2OS/c1-18-14(8-4-5-9-14)10-16-13(17)11-6-2-3-7-12(11)15/h2-3,6-7H,4-5,8-10,15H2,1H3,(H,16,17). The second-order valence-electron chi connectivity index (χ2n) is 4.86. The van der Waals surface area contributed by atoms with Crippen LogP contribution in [-0.2, 0) is 0 Å². The molecule has 0 unspecified atom stereocenters. The molecule has 1 aromatic carbocycles. The monoisotopic (exact) mass is 264 g/mol. The number of nitrogens with two attached hydrogens (primary N) is 1. The quantitative estimate of drug-likeness (QED) is 0.822. The van der Waals surface area contributed by atoms with Gasteiger partial charge in [-0.3, -0.25) is 4.79 Å². The third-order valence-electron chi connectivity index (χ3n) is 3.72. The molecule has 0 radical (unpaired) electrons. The van der Waals surface area contributed by atoms with E-state index in [2.05, 4.69) is 11.6 Å². The Morgan fingerprint density at radius 1 is 1.39 bits per heavy atom. The van der Waals surface area contributed by atoms with Crippen molar-refractivity contribution in [2.75, 3.05) is 18.5 Å². The van der Waals surface area contributed by atoms with Crippen LogP contribution in [0.15, 0.2) is 24.3 Å². The molecule has 1 aliphatic carbocycles. The average molecular weight is 264 g/mol. The summed E-state index contributed by atoms with van der Waals surface area (Å²) in [5.74, 6) is -0.0616. The normalized spacial score (nSPS) is 17.6. The molecule has 3 N–H and O–H groups in total. The molecular weight excluding hydrogens is 244 g/mol. The number of amides is 1. The van der Waals surface area contributed by atoms with Crippen molar-refractivity contribution in [3.05, 3.63) is 29.8 Å². The van der Waals surface area contributed by atoms with Crippen molar-refractivity contribution in [1.82, 2.24) is 5.32 Å². The van der Waals surface area contributed by atoms with Gasteiger partial charge in [0.1, 0.15) is 0 Å². The van der Waals surface area contributed by atoms with E-state index in [1.165, 1.54) is 25.7 Å². The van der Waals surface area contributed by atoms with Crippen molar-refractivity contribution < 1.29 is 4.79 Å². The molecule has 98 valence electrons. The number of thioether (sulfide) groups is 1. The summed E-state index contributed by atoms with van der Waals surface area (Å²) in [7, 11) is 0. The van der Waals surface area contributed by atoms with Crippen LogP contribution in [0.4, 0.5) is 5.69 Å². The van der Waals surface area contributed by atoms with E-state index in [0.29, 0.717) is 11.3 Å². The lowest BCUT2D eigenvalue weighted by atomic mass is 10.1. The van der Waals surface area contributed by atoms with E-state index in [1.807, 2.05) is 23.9 Å². The van der Waals surface area contributed by atoms with Crippen LogP contribution in [0.1, 0.15) is 36.0 Å². The van der Waals surface area contributed by atoms with E-state index in [1.54, 1.807) is 12.1 Å². The first kappa shape index (κ1) is 13.3. The Kier molecular flexibility index (Phi) is 4.17. The summed E-state index contributed by atoms with van der Waals surface area (Å²) in [6.45, 7) is 0.737. The third-order valence-corrected chi connectivity index (χ3v) is 5.14. The first-order chi connectivity index (χ1) is 8.67. The highest BCUT2D eigenvalue weighted by Crippen LogP contribution is 2.39. The molecule has 0 heterocycles. The molecule has 2 rings (SSSR count). The number of benzene rings is 1. The fourth-order valence-corrected chi connectivity index (χ4v) is 3.43. The maximum absolute atomic E-state index is 12.1. The maximum atomic E-state index is 12.1. The minimum Gasteiger partial charge on any atom is -0.398 e. The Hall–Kier alpha value is -1.16. The molecule has 1 aromatic rings. The summed E-state index contributed by atoms with van der Waals surface area (Å²) in [4.78, 5) is 12.1. The first-order valence-electron chi connectivity index (χ1n) is 6.35. The number of carbonyl (C=O) groups excluding carboxylic acids is 1. The highest BCUT2D eigenvalue weighted by atomic mass is 32.2. The molecule has 0 spiro atoms. The minimum atomic E-state index is -0.0616. The van der Waals surface area contributed by atoms with E-state index < -0.39 is 0 Å². The van der Waals surface area contributed by atoms with Gasteiger partial charge in [0.05, 0.1) is 5.56 Å². The number of carbonyl (C=O) groups is 1. The smallest absolute Gasteiger partial charge is 0.253 e. The van der Waals surface area contributed by atoms with E-state index in [0.717, 1.165) is 6.54 Å². The fraction of sp³-hybridized carbons (Fsp3) is 0.500. The van der Waals surface area contributed by atoms with Gasteiger partial charge in [-0.05, 0) is 31.2 Å². The first-order valence-corrected chi connectivity index (χ1v) is 7.57. The van der Waals surface area contributed by atoms with Gasteiger partial charge in [0.2, 0.25) is 0 Å². The summed E-state index contributed by atoms with van der Waals surface area (Å²) in [5.41, 5.74) is 6.92. The number of hydrogen-bond acceptors (Lipinski definition) is 3. The molecule has 0 saturated heterocycles. The van der Waals surface area contributed by atoms with E-state index in [4.69, 9.17) is 5.73 Å². The van der Waals surface area contributed by atoms with E-state index in [-0.39, 0.29) is 10.7 Å². The van der Waals surface area contributed by atoms with Crippen molar-refractivity contribution in [2.24, 2.45) is 0 Å². The lowest BCUT2D eigenvalue weighted by molar-refractivity contribution is 0.0950. The molecule has 0 aliphatic heterocycles. The van der Waals surface area contributed by atoms with Gasteiger partial charge in [-0.1, -0.05) is 25.0 Å². The zero-order valence-corrected chi connectivity index (χ0v) is 11.6. The summed E-state index contributed by atoms with van der Waals surface area (Å²) in [5, 5.41) is 3.03. The molecule has 1 saturated carbocycles. The molecule has 1 amide bonds. The largest absolute Gasteiger partial charge is 0.398 e.